The van der Waals surface area contributed by atoms with Gasteiger partial charge in [-0.15, -0.1) is 0 Å². The standard InChI is InChI=1S/C11H10BrClN2OS/c12-7-5-6(1-2-8(7)13)15-10(16)11(3-4-11)9(14)17/h1-2,5H,3-4H2,(H2,14,17)(H,15,16). The Balaban J connectivity index is 2.14. The van der Waals surface area contributed by atoms with E-state index in [-0.39, 0.29) is 10.9 Å². The van der Waals surface area contributed by atoms with Gasteiger partial charge in [0, 0.05) is 10.2 Å². The molecule has 1 aromatic rings. The lowest BCUT2D eigenvalue weighted by Gasteiger charge is -2.13. The second kappa shape index (κ2) is 4.55. The Morgan fingerprint density at radius 3 is 2.65 bits per heavy atom. The molecule has 0 heterocycles. The number of nitrogens with one attached hydrogen (secondary N) is 1. The van der Waals surface area contributed by atoms with Crippen LogP contribution in [0.5, 0.6) is 0 Å². The van der Waals surface area contributed by atoms with Crippen LogP contribution in [-0.4, -0.2) is 10.9 Å². The topological polar surface area (TPSA) is 55.1 Å². The van der Waals surface area contributed by atoms with E-state index in [1.807, 2.05) is 0 Å². The molecular weight excluding hydrogens is 324 g/mol. The van der Waals surface area contributed by atoms with Crippen LogP contribution in [0.3, 0.4) is 0 Å². The van der Waals surface area contributed by atoms with Crippen LogP contribution < -0.4 is 11.1 Å². The van der Waals surface area contributed by atoms with Crippen molar-refractivity contribution in [3.05, 3.63) is 27.7 Å². The maximum Gasteiger partial charge on any atom is 0.237 e. The molecule has 1 saturated carbocycles. The molecule has 0 aliphatic heterocycles. The number of rotatable bonds is 3. The number of nitrogens with two attached hydrogens (primary N) is 1. The number of carbonyl (C=O) groups excluding carboxylic acids is 1. The number of benzene rings is 1. The van der Waals surface area contributed by atoms with Crippen LogP contribution in [0.15, 0.2) is 22.7 Å². The Labute approximate surface area is 118 Å². The minimum Gasteiger partial charge on any atom is -0.392 e. The molecule has 1 aliphatic rings. The number of anilines is 1. The second-order valence-electron chi connectivity index (χ2n) is 4.03. The highest BCUT2D eigenvalue weighted by Gasteiger charge is 2.52. The van der Waals surface area contributed by atoms with Gasteiger partial charge in [-0.25, -0.2) is 0 Å². The van der Waals surface area contributed by atoms with Crippen molar-refractivity contribution in [1.29, 1.82) is 0 Å². The van der Waals surface area contributed by atoms with Gasteiger partial charge in [0.05, 0.1) is 15.4 Å². The zero-order chi connectivity index (χ0) is 12.6. The van der Waals surface area contributed by atoms with Crippen LogP contribution in [0.1, 0.15) is 12.8 Å². The van der Waals surface area contributed by atoms with Gasteiger partial charge in [-0.2, -0.15) is 0 Å². The Hall–Kier alpha value is -0.650. The molecule has 2 rings (SSSR count). The van der Waals surface area contributed by atoms with Gasteiger partial charge in [0.1, 0.15) is 0 Å². The molecule has 0 aromatic heterocycles. The van der Waals surface area contributed by atoms with Crippen molar-refractivity contribution < 1.29 is 4.79 Å². The first-order chi connectivity index (χ1) is 7.95. The molecule has 17 heavy (non-hydrogen) atoms. The smallest absolute Gasteiger partial charge is 0.237 e. The van der Waals surface area contributed by atoms with Gasteiger partial charge < -0.3 is 11.1 Å². The van der Waals surface area contributed by atoms with Gasteiger partial charge in [0.25, 0.3) is 0 Å². The van der Waals surface area contributed by atoms with Crippen molar-refractivity contribution >= 4 is 56.3 Å². The van der Waals surface area contributed by atoms with Gasteiger partial charge in [0.15, 0.2) is 0 Å². The van der Waals surface area contributed by atoms with E-state index >= 15 is 0 Å². The van der Waals surface area contributed by atoms with Crippen LogP contribution >= 0.6 is 39.7 Å². The van der Waals surface area contributed by atoms with Crippen molar-refractivity contribution in [2.75, 3.05) is 5.32 Å². The summed E-state index contributed by atoms with van der Waals surface area (Å²) in [6.07, 6.45) is 1.45. The lowest BCUT2D eigenvalue weighted by molar-refractivity contribution is -0.118. The Kier molecular flexibility index (Phi) is 3.43. The van der Waals surface area contributed by atoms with Gasteiger partial charge in [-0.3, -0.25) is 4.79 Å². The first kappa shape index (κ1) is 12.8. The van der Waals surface area contributed by atoms with Crippen LogP contribution in [0.2, 0.25) is 5.02 Å². The van der Waals surface area contributed by atoms with E-state index in [0.717, 1.165) is 17.3 Å². The van der Waals surface area contributed by atoms with Crippen molar-refractivity contribution in [3.8, 4) is 0 Å². The molecule has 0 bridgehead atoms. The van der Waals surface area contributed by atoms with E-state index in [1.54, 1.807) is 18.2 Å². The van der Waals surface area contributed by atoms with E-state index < -0.39 is 5.41 Å². The van der Waals surface area contributed by atoms with Crippen molar-refractivity contribution in [2.24, 2.45) is 11.1 Å². The fraction of sp³-hybridized carbons (Fsp3) is 0.273. The third-order valence-electron chi connectivity index (χ3n) is 2.83. The van der Waals surface area contributed by atoms with E-state index in [1.165, 1.54) is 0 Å². The summed E-state index contributed by atoms with van der Waals surface area (Å²) in [5.41, 5.74) is 5.62. The normalized spacial score (nSPS) is 16.4. The zero-order valence-corrected chi connectivity index (χ0v) is 12.0. The quantitative estimate of drug-likeness (QED) is 0.836. The average Bonchev–Trinajstić information content (AvgIpc) is 3.04. The minimum atomic E-state index is -0.637. The summed E-state index contributed by atoms with van der Waals surface area (Å²) in [7, 11) is 0. The van der Waals surface area contributed by atoms with Gasteiger partial charge >= 0.3 is 0 Å². The molecule has 0 spiro atoms. The first-order valence-electron chi connectivity index (χ1n) is 5.02. The Morgan fingerprint density at radius 1 is 1.53 bits per heavy atom. The van der Waals surface area contributed by atoms with E-state index in [2.05, 4.69) is 21.2 Å². The number of thiocarbonyl (C=S) groups is 1. The molecule has 0 atom stereocenters. The third-order valence-corrected chi connectivity index (χ3v) is 4.44. The maximum atomic E-state index is 12.0. The largest absolute Gasteiger partial charge is 0.392 e. The van der Waals surface area contributed by atoms with E-state index in [9.17, 15) is 4.79 Å². The molecule has 1 aliphatic carbocycles. The van der Waals surface area contributed by atoms with Crippen molar-refractivity contribution in [3.63, 3.8) is 0 Å². The summed E-state index contributed by atoms with van der Waals surface area (Å²) in [5.74, 6) is -0.140. The molecule has 90 valence electrons. The summed E-state index contributed by atoms with van der Waals surface area (Å²) in [4.78, 5) is 12.3. The van der Waals surface area contributed by atoms with Crippen molar-refractivity contribution in [2.45, 2.75) is 12.8 Å². The fourth-order valence-corrected chi connectivity index (χ4v) is 2.33. The molecule has 3 nitrogen and oxygen atoms in total. The molecule has 3 N–H and O–H groups in total. The van der Waals surface area contributed by atoms with E-state index in [0.29, 0.717) is 10.7 Å². The van der Waals surface area contributed by atoms with Gasteiger partial charge in [0.2, 0.25) is 5.91 Å². The van der Waals surface area contributed by atoms with Crippen LogP contribution in [-0.2, 0) is 4.79 Å². The average molecular weight is 334 g/mol. The van der Waals surface area contributed by atoms with Gasteiger partial charge in [-0.1, -0.05) is 23.8 Å². The summed E-state index contributed by atoms with van der Waals surface area (Å²) in [6.45, 7) is 0. The molecular formula is C11H10BrClN2OS. The lowest BCUT2D eigenvalue weighted by atomic mass is 10.1. The number of hydrogen-bond donors (Lipinski definition) is 2. The predicted octanol–water partition coefficient (Wildman–Crippen LogP) is 3.11. The van der Waals surface area contributed by atoms with Crippen LogP contribution in [0, 0.1) is 5.41 Å². The monoisotopic (exact) mass is 332 g/mol. The molecule has 0 unspecified atom stereocenters. The maximum absolute atomic E-state index is 12.0. The summed E-state index contributed by atoms with van der Waals surface area (Å²) in [6, 6.07) is 5.19. The highest BCUT2D eigenvalue weighted by molar-refractivity contribution is 9.10. The number of halogens is 2. The predicted molar refractivity (Wildman–Crippen MR) is 76.2 cm³/mol. The minimum absolute atomic E-state index is 0.140. The molecule has 1 amide bonds. The molecule has 1 aromatic carbocycles. The lowest BCUT2D eigenvalue weighted by Crippen LogP contribution is -2.34. The zero-order valence-electron chi connectivity index (χ0n) is 8.80. The molecule has 0 radical (unpaired) electrons. The van der Waals surface area contributed by atoms with E-state index in [4.69, 9.17) is 29.6 Å². The second-order valence-corrected chi connectivity index (χ2v) is 5.73. The number of hydrogen-bond acceptors (Lipinski definition) is 2. The molecule has 0 saturated heterocycles. The number of amides is 1. The van der Waals surface area contributed by atoms with Crippen molar-refractivity contribution in [1.82, 2.24) is 0 Å². The number of carbonyl (C=O) groups is 1. The molecule has 6 heteroatoms. The summed E-state index contributed by atoms with van der Waals surface area (Å²) >= 11 is 14.1. The van der Waals surface area contributed by atoms with Crippen LogP contribution in [0.4, 0.5) is 5.69 Å². The highest BCUT2D eigenvalue weighted by Crippen LogP contribution is 2.46. The Bertz CT molecular complexity index is 502. The third kappa shape index (κ3) is 2.46. The summed E-state index contributed by atoms with van der Waals surface area (Å²) in [5, 5.41) is 3.39. The fourth-order valence-electron chi connectivity index (χ4n) is 1.53. The Morgan fingerprint density at radius 2 is 2.18 bits per heavy atom. The summed E-state index contributed by atoms with van der Waals surface area (Å²) < 4.78 is 0.733. The van der Waals surface area contributed by atoms with Crippen LogP contribution in [0.25, 0.3) is 0 Å². The first-order valence-corrected chi connectivity index (χ1v) is 6.60. The van der Waals surface area contributed by atoms with Gasteiger partial charge in [-0.05, 0) is 47.0 Å². The molecule has 1 fully saturated rings. The highest BCUT2D eigenvalue weighted by atomic mass is 79.9. The SMILES string of the molecule is NC(=S)C1(C(=O)Nc2ccc(Cl)c(Br)c2)CC1.